The van der Waals surface area contributed by atoms with Crippen LogP contribution < -0.4 is 4.74 Å². The van der Waals surface area contributed by atoms with Gasteiger partial charge in [-0.05, 0) is 13.2 Å². The first-order valence-corrected chi connectivity index (χ1v) is 8.34. The van der Waals surface area contributed by atoms with E-state index in [1.54, 1.807) is 17.8 Å². The number of thioether (sulfide) groups is 1. The number of imidazole rings is 1. The highest BCUT2D eigenvalue weighted by atomic mass is 35.5. The molecule has 0 fully saturated rings. The quantitative estimate of drug-likeness (QED) is 0.757. The average Bonchev–Trinajstić information content (AvgIpc) is 2.75. The van der Waals surface area contributed by atoms with Gasteiger partial charge in [0.2, 0.25) is 0 Å². The summed E-state index contributed by atoms with van der Waals surface area (Å²) in [5, 5.41) is 0. The molecular weight excluding hydrogens is 299 g/mol. The number of rotatable bonds is 6. The van der Waals surface area contributed by atoms with Crippen molar-refractivity contribution in [2.24, 2.45) is 0 Å². The second-order valence-electron chi connectivity index (χ2n) is 4.62. The molecule has 6 heteroatoms. The Kier molecular flexibility index (Phi) is 5.16. The maximum absolute atomic E-state index is 13.8. The molecule has 1 atom stereocenters. The van der Waals surface area contributed by atoms with E-state index >= 15 is 0 Å². The van der Waals surface area contributed by atoms with Gasteiger partial charge in [0.15, 0.2) is 11.6 Å². The Bertz CT molecular complexity index is 602. The minimum Gasteiger partial charge on any atom is -0.494 e. The standard InChI is InChI=1S/C14H18ClFN2OS/c1-9(8-20-3)18-12-7-13(19-2)10(16)6-11(12)17-14(18)4-5-15/h6-7,9H,4-5,8H2,1-3H3. The van der Waals surface area contributed by atoms with Gasteiger partial charge in [0.1, 0.15) is 5.82 Å². The van der Waals surface area contributed by atoms with Crippen LogP contribution in [0.2, 0.25) is 0 Å². The van der Waals surface area contributed by atoms with E-state index in [1.807, 2.05) is 0 Å². The Hall–Kier alpha value is -0.940. The largest absolute Gasteiger partial charge is 0.494 e. The highest BCUT2D eigenvalue weighted by Crippen LogP contribution is 2.29. The van der Waals surface area contributed by atoms with Crippen molar-refractivity contribution in [2.75, 3.05) is 25.0 Å². The van der Waals surface area contributed by atoms with Crippen LogP contribution in [0.5, 0.6) is 5.75 Å². The number of methoxy groups -OCH3 is 1. The lowest BCUT2D eigenvalue weighted by molar-refractivity contribution is 0.387. The fourth-order valence-electron chi connectivity index (χ4n) is 2.37. The van der Waals surface area contributed by atoms with E-state index in [1.165, 1.54) is 13.2 Å². The van der Waals surface area contributed by atoms with Crippen molar-refractivity contribution in [2.45, 2.75) is 19.4 Å². The molecule has 1 aromatic carbocycles. The van der Waals surface area contributed by atoms with Gasteiger partial charge in [0.25, 0.3) is 0 Å². The molecule has 110 valence electrons. The lowest BCUT2D eigenvalue weighted by atomic mass is 10.2. The van der Waals surface area contributed by atoms with E-state index in [4.69, 9.17) is 16.3 Å². The number of fused-ring (bicyclic) bond motifs is 1. The molecule has 0 N–H and O–H groups in total. The summed E-state index contributed by atoms with van der Waals surface area (Å²) in [6.07, 6.45) is 2.73. The Morgan fingerprint density at radius 2 is 2.25 bits per heavy atom. The zero-order valence-electron chi connectivity index (χ0n) is 11.8. The van der Waals surface area contributed by atoms with E-state index in [-0.39, 0.29) is 17.6 Å². The molecule has 3 nitrogen and oxygen atoms in total. The Morgan fingerprint density at radius 1 is 1.50 bits per heavy atom. The molecule has 1 aromatic heterocycles. The van der Waals surface area contributed by atoms with Crippen molar-refractivity contribution < 1.29 is 9.13 Å². The molecule has 2 aromatic rings. The van der Waals surface area contributed by atoms with Crippen molar-refractivity contribution in [1.82, 2.24) is 9.55 Å². The maximum Gasteiger partial charge on any atom is 0.167 e. The second-order valence-corrected chi connectivity index (χ2v) is 5.91. The van der Waals surface area contributed by atoms with Crippen LogP contribution in [0, 0.1) is 5.82 Å². The Balaban J connectivity index is 2.62. The molecule has 0 saturated heterocycles. The highest BCUT2D eigenvalue weighted by Gasteiger charge is 2.18. The van der Waals surface area contributed by atoms with Crippen LogP contribution in [0.4, 0.5) is 4.39 Å². The highest BCUT2D eigenvalue weighted by molar-refractivity contribution is 7.98. The van der Waals surface area contributed by atoms with E-state index in [0.717, 1.165) is 17.1 Å². The van der Waals surface area contributed by atoms with Crippen molar-refractivity contribution >= 4 is 34.4 Å². The fraction of sp³-hybridized carbons (Fsp3) is 0.500. The first-order valence-electron chi connectivity index (χ1n) is 6.41. The predicted octanol–water partition coefficient (Wildman–Crippen LogP) is 3.89. The number of nitrogens with zero attached hydrogens (tertiary/aromatic N) is 2. The number of halogens is 2. The number of alkyl halides is 1. The van der Waals surface area contributed by atoms with Crippen LogP contribution in [0.15, 0.2) is 12.1 Å². The molecule has 2 rings (SSSR count). The smallest absolute Gasteiger partial charge is 0.167 e. The molecular formula is C14H18ClFN2OS. The molecule has 0 radical (unpaired) electrons. The Labute approximate surface area is 127 Å². The van der Waals surface area contributed by atoms with Crippen LogP contribution in [-0.2, 0) is 6.42 Å². The molecule has 0 aliphatic carbocycles. The molecule has 0 aliphatic heterocycles. The van der Waals surface area contributed by atoms with Crippen LogP contribution in [-0.4, -0.2) is 34.5 Å². The monoisotopic (exact) mass is 316 g/mol. The van der Waals surface area contributed by atoms with E-state index < -0.39 is 0 Å². The van der Waals surface area contributed by atoms with Crippen LogP contribution in [0.3, 0.4) is 0 Å². The topological polar surface area (TPSA) is 27.1 Å². The molecule has 0 aliphatic rings. The summed E-state index contributed by atoms with van der Waals surface area (Å²) in [6, 6.07) is 3.41. The summed E-state index contributed by atoms with van der Waals surface area (Å²) in [5.41, 5.74) is 1.54. The number of aryl methyl sites for hydroxylation is 1. The third-order valence-electron chi connectivity index (χ3n) is 3.20. The number of aromatic nitrogens is 2. The summed E-state index contributed by atoms with van der Waals surface area (Å²) in [6.45, 7) is 2.13. The van der Waals surface area contributed by atoms with E-state index in [9.17, 15) is 4.39 Å². The summed E-state index contributed by atoms with van der Waals surface area (Å²) >= 11 is 7.62. The number of hydrogen-bond donors (Lipinski definition) is 0. The van der Waals surface area contributed by atoms with Crippen molar-refractivity contribution in [1.29, 1.82) is 0 Å². The van der Waals surface area contributed by atoms with Gasteiger partial charge in [-0.15, -0.1) is 11.6 Å². The normalized spacial score (nSPS) is 12.8. The summed E-state index contributed by atoms with van der Waals surface area (Å²) in [5.74, 6) is 2.20. The van der Waals surface area contributed by atoms with Gasteiger partial charge in [-0.25, -0.2) is 9.37 Å². The van der Waals surface area contributed by atoms with Gasteiger partial charge in [0, 0.05) is 36.2 Å². The summed E-state index contributed by atoms with van der Waals surface area (Å²) < 4.78 is 21.0. The predicted molar refractivity (Wildman–Crippen MR) is 83.8 cm³/mol. The molecule has 1 heterocycles. The second kappa shape index (κ2) is 6.68. The minimum absolute atomic E-state index is 0.243. The van der Waals surface area contributed by atoms with Gasteiger partial charge < -0.3 is 9.30 Å². The van der Waals surface area contributed by atoms with Crippen molar-refractivity contribution in [3.05, 3.63) is 23.8 Å². The van der Waals surface area contributed by atoms with Crippen LogP contribution in [0.25, 0.3) is 11.0 Å². The van der Waals surface area contributed by atoms with Gasteiger partial charge in [-0.1, -0.05) is 0 Å². The maximum atomic E-state index is 13.8. The first-order chi connectivity index (χ1) is 9.62. The zero-order valence-corrected chi connectivity index (χ0v) is 13.4. The Morgan fingerprint density at radius 3 is 2.85 bits per heavy atom. The van der Waals surface area contributed by atoms with Crippen molar-refractivity contribution in [3.8, 4) is 5.75 Å². The third-order valence-corrected chi connectivity index (χ3v) is 4.21. The molecule has 1 unspecified atom stereocenters. The van der Waals surface area contributed by atoms with Gasteiger partial charge in [-0.2, -0.15) is 11.8 Å². The third kappa shape index (κ3) is 2.88. The number of ether oxygens (including phenoxy) is 1. The minimum atomic E-state index is -0.389. The number of benzene rings is 1. The molecule has 20 heavy (non-hydrogen) atoms. The molecule has 0 spiro atoms. The number of hydrogen-bond acceptors (Lipinski definition) is 3. The average molecular weight is 317 g/mol. The summed E-state index contributed by atoms with van der Waals surface area (Å²) in [4.78, 5) is 4.52. The molecule has 0 amide bonds. The van der Waals surface area contributed by atoms with Gasteiger partial charge >= 0.3 is 0 Å². The van der Waals surface area contributed by atoms with Crippen LogP contribution in [0.1, 0.15) is 18.8 Å². The first kappa shape index (κ1) is 15.4. The summed E-state index contributed by atoms with van der Waals surface area (Å²) in [7, 11) is 1.47. The molecule has 0 saturated carbocycles. The van der Waals surface area contributed by atoms with E-state index in [0.29, 0.717) is 17.8 Å². The molecule has 0 bridgehead atoms. The van der Waals surface area contributed by atoms with Crippen molar-refractivity contribution in [3.63, 3.8) is 0 Å². The zero-order chi connectivity index (χ0) is 14.7. The van der Waals surface area contributed by atoms with Gasteiger partial charge in [-0.3, -0.25) is 0 Å². The lowest BCUT2D eigenvalue weighted by Crippen LogP contribution is -2.12. The SMILES string of the molecule is COc1cc2c(cc1F)nc(CCCl)n2C(C)CSC. The van der Waals surface area contributed by atoms with Crippen LogP contribution >= 0.6 is 23.4 Å². The van der Waals surface area contributed by atoms with Gasteiger partial charge in [0.05, 0.1) is 18.1 Å². The fourth-order valence-corrected chi connectivity index (χ4v) is 3.17. The lowest BCUT2D eigenvalue weighted by Gasteiger charge is -2.16. The van der Waals surface area contributed by atoms with E-state index in [2.05, 4.69) is 22.7 Å².